The SMILES string of the molecule is CCCN(C(=O)CN1C(=O)NC(C)(c2ccc(F)cc2)C1=O)C1CCNCC1. The van der Waals surface area contributed by atoms with Crippen molar-refractivity contribution >= 4 is 17.8 Å². The zero-order valence-corrected chi connectivity index (χ0v) is 16.3. The number of hydrogen-bond donors (Lipinski definition) is 2. The Bertz CT molecular complexity index is 748. The van der Waals surface area contributed by atoms with Crippen molar-refractivity contribution in [1.29, 1.82) is 0 Å². The molecule has 1 aromatic rings. The van der Waals surface area contributed by atoms with Gasteiger partial charge in [-0.05, 0) is 57.0 Å². The molecule has 0 aromatic heterocycles. The van der Waals surface area contributed by atoms with Crippen molar-refractivity contribution in [3.63, 3.8) is 0 Å². The topological polar surface area (TPSA) is 81.8 Å². The second-order valence-corrected chi connectivity index (χ2v) is 7.52. The highest BCUT2D eigenvalue weighted by molar-refractivity contribution is 6.09. The minimum atomic E-state index is -1.31. The fourth-order valence-corrected chi connectivity index (χ4v) is 3.92. The van der Waals surface area contributed by atoms with E-state index in [1.807, 2.05) is 6.92 Å². The molecule has 8 heteroatoms. The summed E-state index contributed by atoms with van der Waals surface area (Å²) in [4.78, 5) is 41.2. The van der Waals surface area contributed by atoms with Gasteiger partial charge in [0.25, 0.3) is 5.91 Å². The molecule has 7 nitrogen and oxygen atoms in total. The molecule has 4 amide bonds. The largest absolute Gasteiger partial charge is 0.338 e. The third-order valence-electron chi connectivity index (χ3n) is 5.52. The number of rotatable bonds is 6. The molecule has 2 N–H and O–H groups in total. The third kappa shape index (κ3) is 3.87. The van der Waals surface area contributed by atoms with E-state index < -0.39 is 23.3 Å². The number of halogens is 1. The zero-order valence-electron chi connectivity index (χ0n) is 16.3. The van der Waals surface area contributed by atoms with E-state index in [1.165, 1.54) is 24.3 Å². The number of imide groups is 1. The predicted octanol–water partition coefficient (Wildman–Crippen LogP) is 1.58. The van der Waals surface area contributed by atoms with Gasteiger partial charge < -0.3 is 15.5 Å². The number of hydrogen-bond acceptors (Lipinski definition) is 4. The highest BCUT2D eigenvalue weighted by Gasteiger charge is 2.49. The van der Waals surface area contributed by atoms with Crippen LogP contribution in [0.3, 0.4) is 0 Å². The van der Waals surface area contributed by atoms with E-state index in [2.05, 4.69) is 10.6 Å². The van der Waals surface area contributed by atoms with Crippen LogP contribution in [0.15, 0.2) is 24.3 Å². The summed E-state index contributed by atoms with van der Waals surface area (Å²) in [5.74, 6) is -1.15. The first-order chi connectivity index (χ1) is 13.4. The van der Waals surface area contributed by atoms with Crippen LogP contribution in [0.2, 0.25) is 0 Å². The molecule has 1 unspecified atom stereocenters. The maximum Gasteiger partial charge on any atom is 0.325 e. The van der Waals surface area contributed by atoms with Crippen LogP contribution >= 0.6 is 0 Å². The number of carbonyl (C=O) groups excluding carboxylic acids is 3. The van der Waals surface area contributed by atoms with Gasteiger partial charge in [0.1, 0.15) is 17.9 Å². The first-order valence-corrected chi connectivity index (χ1v) is 9.77. The van der Waals surface area contributed by atoms with Crippen LogP contribution in [0.4, 0.5) is 9.18 Å². The Labute approximate surface area is 164 Å². The summed E-state index contributed by atoms with van der Waals surface area (Å²) in [5, 5.41) is 5.93. The number of urea groups is 1. The van der Waals surface area contributed by atoms with Crippen molar-refractivity contribution in [3.8, 4) is 0 Å². The second kappa shape index (κ2) is 8.26. The summed E-state index contributed by atoms with van der Waals surface area (Å²) in [7, 11) is 0. The van der Waals surface area contributed by atoms with E-state index in [4.69, 9.17) is 0 Å². The molecule has 0 aliphatic carbocycles. The minimum Gasteiger partial charge on any atom is -0.338 e. The van der Waals surface area contributed by atoms with E-state index in [-0.39, 0.29) is 18.5 Å². The number of amides is 4. The van der Waals surface area contributed by atoms with Crippen LogP contribution in [0.5, 0.6) is 0 Å². The van der Waals surface area contributed by atoms with Gasteiger partial charge in [-0.2, -0.15) is 0 Å². The van der Waals surface area contributed by atoms with Gasteiger partial charge in [-0.25, -0.2) is 9.18 Å². The maximum atomic E-state index is 13.2. The molecule has 2 aliphatic rings. The Morgan fingerprint density at radius 1 is 1.25 bits per heavy atom. The monoisotopic (exact) mass is 390 g/mol. The van der Waals surface area contributed by atoms with E-state index in [0.29, 0.717) is 12.1 Å². The molecule has 1 atom stereocenters. The molecular formula is C20H27FN4O3. The first-order valence-electron chi connectivity index (χ1n) is 9.77. The van der Waals surface area contributed by atoms with E-state index in [0.717, 1.165) is 37.3 Å². The molecular weight excluding hydrogens is 363 g/mol. The van der Waals surface area contributed by atoms with Gasteiger partial charge in [0, 0.05) is 12.6 Å². The lowest BCUT2D eigenvalue weighted by atomic mass is 9.92. The molecule has 2 saturated heterocycles. The smallest absolute Gasteiger partial charge is 0.325 e. The summed E-state index contributed by atoms with van der Waals surface area (Å²) in [6.07, 6.45) is 2.53. The van der Waals surface area contributed by atoms with Gasteiger partial charge in [0.2, 0.25) is 5.91 Å². The Hall–Kier alpha value is -2.48. The summed E-state index contributed by atoms with van der Waals surface area (Å²) in [6.45, 7) is 5.59. The van der Waals surface area contributed by atoms with Crippen molar-refractivity contribution in [3.05, 3.63) is 35.6 Å². The van der Waals surface area contributed by atoms with Crippen molar-refractivity contribution in [2.75, 3.05) is 26.2 Å². The van der Waals surface area contributed by atoms with Gasteiger partial charge in [-0.3, -0.25) is 14.5 Å². The van der Waals surface area contributed by atoms with Crippen molar-refractivity contribution in [2.45, 2.75) is 44.7 Å². The summed E-state index contributed by atoms with van der Waals surface area (Å²) >= 11 is 0. The standard InChI is InChI=1S/C20H27FN4O3/c1-3-12-24(16-8-10-22-11-9-16)17(26)13-25-18(27)20(2,23-19(25)28)14-4-6-15(21)7-5-14/h4-7,16,22H,3,8-13H2,1-2H3,(H,23,28). The number of nitrogens with zero attached hydrogens (tertiary/aromatic N) is 2. The number of carbonyl (C=O) groups is 3. The lowest BCUT2D eigenvalue weighted by molar-refractivity contribution is -0.140. The highest BCUT2D eigenvalue weighted by Crippen LogP contribution is 2.29. The normalized spacial score (nSPS) is 23.0. The van der Waals surface area contributed by atoms with Crippen LogP contribution in [0.25, 0.3) is 0 Å². The predicted molar refractivity (Wildman–Crippen MR) is 102 cm³/mol. The number of piperidine rings is 1. The summed E-state index contributed by atoms with van der Waals surface area (Å²) in [5.41, 5.74) is -0.832. The fourth-order valence-electron chi connectivity index (χ4n) is 3.92. The van der Waals surface area contributed by atoms with Gasteiger partial charge in [0.15, 0.2) is 0 Å². The maximum absolute atomic E-state index is 13.2. The quantitative estimate of drug-likeness (QED) is 0.723. The zero-order chi connectivity index (χ0) is 20.3. The third-order valence-corrected chi connectivity index (χ3v) is 5.52. The Morgan fingerprint density at radius 3 is 2.50 bits per heavy atom. The van der Waals surface area contributed by atoms with Crippen molar-refractivity contribution < 1.29 is 18.8 Å². The van der Waals surface area contributed by atoms with Crippen LogP contribution in [0.1, 0.15) is 38.7 Å². The Balaban J connectivity index is 1.75. The fraction of sp³-hybridized carbons (Fsp3) is 0.550. The van der Waals surface area contributed by atoms with Crippen LogP contribution in [0, 0.1) is 5.82 Å². The van der Waals surface area contributed by atoms with Gasteiger partial charge in [0.05, 0.1) is 0 Å². The van der Waals surface area contributed by atoms with Crippen LogP contribution in [-0.2, 0) is 15.1 Å². The van der Waals surface area contributed by atoms with E-state index in [1.54, 1.807) is 11.8 Å². The Kier molecular flexibility index (Phi) is 5.98. The molecule has 2 fully saturated rings. The first kappa shape index (κ1) is 20.3. The highest BCUT2D eigenvalue weighted by atomic mass is 19.1. The molecule has 3 rings (SSSR count). The summed E-state index contributed by atoms with van der Waals surface area (Å²) < 4.78 is 13.2. The van der Waals surface area contributed by atoms with E-state index in [9.17, 15) is 18.8 Å². The minimum absolute atomic E-state index is 0.123. The molecule has 2 heterocycles. The number of benzene rings is 1. The van der Waals surface area contributed by atoms with Crippen LogP contribution in [-0.4, -0.2) is 59.9 Å². The van der Waals surface area contributed by atoms with Crippen LogP contribution < -0.4 is 10.6 Å². The van der Waals surface area contributed by atoms with Gasteiger partial charge >= 0.3 is 6.03 Å². The van der Waals surface area contributed by atoms with Crippen molar-refractivity contribution in [1.82, 2.24) is 20.4 Å². The molecule has 0 saturated carbocycles. The molecule has 152 valence electrons. The van der Waals surface area contributed by atoms with Crippen molar-refractivity contribution in [2.24, 2.45) is 0 Å². The number of nitrogens with one attached hydrogen (secondary N) is 2. The summed E-state index contributed by atoms with van der Waals surface area (Å²) in [6, 6.07) is 4.95. The lowest BCUT2D eigenvalue weighted by Crippen LogP contribution is -2.50. The van der Waals surface area contributed by atoms with Gasteiger partial charge in [-0.1, -0.05) is 19.1 Å². The molecule has 2 aliphatic heterocycles. The lowest BCUT2D eigenvalue weighted by Gasteiger charge is -2.35. The molecule has 0 spiro atoms. The molecule has 28 heavy (non-hydrogen) atoms. The average molecular weight is 390 g/mol. The molecule has 0 radical (unpaired) electrons. The van der Waals surface area contributed by atoms with E-state index >= 15 is 0 Å². The molecule has 0 bridgehead atoms. The molecule has 1 aromatic carbocycles. The average Bonchev–Trinajstić information content (AvgIpc) is 2.91. The Morgan fingerprint density at radius 2 is 1.89 bits per heavy atom. The van der Waals surface area contributed by atoms with Gasteiger partial charge in [-0.15, -0.1) is 0 Å². The second-order valence-electron chi connectivity index (χ2n) is 7.52.